The van der Waals surface area contributed by atoms with E-state index in [1.807, 2.05) is 4.90 Å². The Hall–Kier alpha value is -1.42. The first-order valence-electron chi connectivity index (χ1n) is 8.94. The molecule has 1 aromatic carbocycles. The van der Waals surface area contributed by atoms with Crippen LogP contribution < -0.4 is 0 Å². The normalized spacial score (nSPS) is 22.5. The maximum absolute atomic E-state index is 13.8. The number of benzene rings is 1. The van der Waals surface area contributed by atoms with E-state index in [1.54, 1.807) is 19.1 Å². The molecule has 2 aliphatic heterocycles. The summed E-state index contributed by atoms with van der Waals surface area (Å²) < 4.78 is 13.8. The summed E-state index contributed by atoms with van der Waals surface area (Å²) in [6, 6.07) is 5.16. The van der Waals surface area contributed by atoms with Gasteiger partial charge in [0.15, 0.2) is 0 Å². The van der Waals surface area contributed by atoms with Crippen LogP contribution in [0.2, 0.25) is 0 Å². The van der Waals surface area contributed by atoms with Crippen LogP contribution in [0.1, 0.15) is 54.4 Å². The number of carbonyl (C=O) groups excluding carboxylic acids is 1. The molecule has 3 nitrogen and oxygen atoms in total. The molecule has 1 aromatic rings. The van der Waals surface area contributed by atoms with Gasteiger partial charge in [-0.25, -0.2) is 4.39 Å². The highest BCUT2D eigenvalue weighted by atomic mass is 19.1. The third-order valence-electron chi connectivity index (χ3n) is 5.28. The lowest BCUT2D eigenvalue weighted by Gasteiger charge is -2.36. The Kier molecular flexibility index (Phi) is 5.31. The lowest BCUT2D eigenvalue weighted by atomic mass is 9.97. The summed E-state index contributed by atoms with van der Waals surface area (Å²) in [7, 11) is 0. The minimum absolute atomic E-state index is 0.00461. The molecule has 1 unspecified atom stereocenters. The van der Waals surface area contributed by atoms with Crippen LogP contribution in [0.4, 0.5) is 4.39 Å². The second-order valence-electron chi connectivity index (χ2n) is 6.95. The second-order valence-corrected chi connectivity index (χ2v) is 6.95. The summed E-state index contributed by atoms with van der Waals surface area (Å²) in [4.78, 5) is 17.3. The van der Waals surface area contributed by atoms with E-state index >= 15 is 0 Å². The molecule has 2 aliphatic rings. The zero-order valence-corrected chi connectivity index (χ0v) is 14.1. The van der Waals surface area contributed by atoms with Crippen LogP contribution in [-0.4, -0.2) is 47.9 Å². The quantitative estimate of drug-likeness (QED) is 0.846. The minimum Gasteiger partial charge on any atom is -0.336 e. The molecule has 4 heteroatoms. The molecule has 2 saturated heterocycles. The van der Waals surface area contributed by atoms with Gasteiger partial charge in [-0.1, -0.05) is 6.07 Å². The molecule has 1 atom stereocenters. The highest BCUT2D eigenvalue weighted by molar-refractivity contribution is 5.94. The van der Waals surface area contributed by atoms with Crippen molar-refractivity contribution in [2.45, 2.75) is 51.5 Å². The fraction of sp³-hybridized carbons (Fsp3) is 0.632. The van der Waals surface area contributed by atoms with Crippen LogP contribution in [0.3, 0.4) is 0 Å². The summed E-state index contributed by atoms with van der Waals surface area (Å²) in [6.45, 7) is 6.01. The first-order chi connectivity index (χ1) is 11.1. The molecule has 2 heterocycles. The average molecular weight is 318 g/mol. The Morgan fingerprint density at radius 3 is 2.65 bits per heavy atom. The molecule has 0 radical (unpaired) electrons. The van der Waals surface area contributed by atoms with Gasteiger partial charge in [0.2, 0.25) is 0 Å². The predicted molar refractivity (Wildman–Crippen MR) is 90.1 cm³/mol. The number of nitrogens with zero attached hydrogens (tertiary/aromatic N) is 2. The molecule has 0 aliphatic carbocycles. The maximum atomic E-state index is 13.8. The summed E-state index contributed by atoms with van der Waals surface area (Å²) >= 11 is 0. The van der Waals surface area contributed by atoms with Gasteiger partial charge in [-0.3, -0.25) is 4.79 Å². The van der Waals surface area contributed by atoms with Crippen LogP contribution in [0.5, 0.6) is 0 Å². The van der Waals surface area contributed by atoms with Crippen molar-refractivity contribution in [3.8, 4) is 0 Å². The molecule has 23 heavy (non-hydrogen) atoms. The van der Waals surface area contributed by atoms with Gasteiger partial charge in [-0.2, -0.15) is 0 Å². The Morgan fingerprint density at radius 2 is 1.91 bits per heavy atom. The van der Waals surface area contributed by atoms with Crippen LogP contribution in [0.25, 0.3) is 0 Å². The van der Waals surface area contributed by atoms with Gasteiger partial charge in [0, 0.05) is 24.7 Å². The predicted octanol–water partition coefficient (Wildman–Crippen LogP) is 3.61. The number of carbonyl (C=O) groups is 1. The van der Waals surface area contributed by atoms with Crippen molar-refractivity contribution < 1.29 is 9.18 Å². The number of amides is 1. The topological polar surface area (TPSA) is 23.6 Å². The fourth-order valence-electron chi connectivity index (χ4n) is 3.80. The number of hydrogen-bond acceptors (Lipinski definition) is 2. The van der Waals surface area contributed by atoms with Gasteiger partial charge in [-0.15, -0.1) is 0 Å². The summed E-state index contributed by atoms with van der Waals surface area (Å²) in [5.41, 5.74) is 1.08. The van der Waals surface area contributed by atoms with E-state index in [0.29, 0.717) is 17.2 Å². The number of rotatable bonds is 4. The Labute approximate surface area is 138 Å². The highest BCUT2D eigenvalue weighted by Crippen LogP contribution is 2.23. The number of piperidine rings is 1. The van der Waals surface area contributed by atoms with E-state index < -0.39 is 0 Å². The first kappa shape index (κ1) is 16.4. The average Bonchev–Trinajstić information content (AvgIpc) is 3.08. The number of aryl methyl sites for hydroxylation is 1. The number of halogens is 1. The lowest BCUT2D eigenvalue weighted by Crippen LogP contribution is -2.45. The standard InChI is InChI=1S/C19H27FN2O/c1-15-7-8-16(14-18(15)20)19(23)22-12-3-2-6-17(22)9-13-21-10-4-5-11-21/h7-8,14,17H,2-6,9-13H2,1H3. The molecular weight excluding hydrogens is 291 g/mol. The van der Waals surface area contributed by atoms with Crippen molar-refractivity contribution in [1.29, 1.82) is 0 Å². The Morgan fingerprint density at radius 1 is 1.17 bits per heavy atom. The van der Waals surface area contributed by atoms with Gasteiger partial charge < -0.3 is 9.80 Å². The van der Waals surface area contributed by atoms with E-state index in [1.165, 1.54) is 38.4 Å². The number of hydrogen-bond donors (Lipinski definition) is 0. The van der Waals surface area contributed by atoms with Crippen LogP contribution in [0.15, 0.2) is 18.2 Å². The van der Waals surface area contributed by atoms with E-state index in [2.05, 4.69) is 4.90 Å². The van der Waals surface area contributed by atoms with Crippen LogP contribution >= 0.6 is 0 Å². The second kappa shape index (κ2) is 7.43. The third-order valence-corrected chi connectivity index (χ3v) is 5.28. The van der Waals surface area contributed by atoms with E-state index in [-0.39, 0.29) is 11.7 Å². The largest absolute Gasteiger partial charge is 0.336 e. The van der Waals surface area contributed by atoms with Crippen molar-refractivity contribution in [3.63, 3.8) is 0 Å². The van der Waals surface area contributed by atoms with Crippen molar-refractivity contribution in [3.05, 3.63) is 35.1 Å². The van der Waals surface area contributed by atoms with Crippen molar-refractivity contribution in [1.82, 2.24) is 9.80 Å². The van der Waals surface area contributed by atoms with Crippen molar-refractivity contribution >= 4 is 5.91 Å². The molecule has 126 valence electrons. The first-order valence-corrected chi connectivity index (χ1v) is 8.94. The monoisotopic (exact) mass is 318 g/mol. The van der Waals surface area contributed by atoms with Gasteiger partial charge in [0.25, 0.3) is 5.91 Å². The van der Waals surface area contributed by atoms with Gasteiger partial charge in [0.1, 0.15) is 5.82 Å². The molecule has 2 fully saturated rings. The zero-order chi connectivity index (χ0) is 16.2. The molecular formula is C19H27FN2O. The summed E-state index contributed by atoms with van der Waals surface area (Å²) in [5.74, 6) is -0.295. The molecule has 0 spiro atoms. The number of likely N-dealkylation sites (tertiary alicyclic amines) is 2. The summed E-state index contributed by atoms with van der Waals surface area (Å²) in [5, 5.41) is 0. The van der Waals surface area contributed by atoms with Crippen LogP contribution in [-0.2, 0) is 0 Å². The highest BCUT2D eigenvalue weighted by Gasteiger charge is 2.28. The molecule has 0 bridgehead atoms. The van der Waals surface area contributed by atoms with Crippen LogP contribution in [0, 0.1) is 12.7 Å². The third kappa shape index (κ3) is 3.92. The van der Waals surface area contributed by atoms with E-state index in [9.17, 15) is 9.18 Å². The molecule has 0 aromatic heterocycles. The molecule has 3 rings (SSSR count). The van der Waals surface area contributed by atoms with Gasteiger partial charge >= 0.3 is 0 Å². The van der Waals surface area contributed by atoms with E-state index in [4.69, 9.17) is 0 Å². The van der Waals surface area contributed by atoms with E-state index in [0.717, 1.165) is 32.4 Å². The molecule has 0 N–H and O–H groups in total. The Balaban J connectivity index is 1.66. The molecule has 0 saturated carbocycles. The van der Waals surface area contributed by atoms with Crippen molar-refractivity contribution in [2.24, 2.45) is 0 Å². The van der Waals surface area contributed by atoms with Gasteiger partial charge in [0.05, 0.1) is 0 Å². The Bertz CT molecular complexity index is 554. The molecule has 1 amide bonds. The van der Waals surface area contributed by atoms with Crippen molar-refractivity contribution in [2.75, 3.05) is 26.2 Å². The van der Waals surface area contributed by atoms with Gasteiger partial charge in [-0.05, 0) is 76.2 Å². The maximum Gasteiger partial charge on any atom is 0.254 e. The smallest absolute Gasteiger partial charge is 0.254 e. The fourth-order valence-corrected chi connectivity index (χ4v) is 3.80. The summed E-state index contributed by atoms with van der Waals surface area (Å²) in [6.07, 6.45) is 6.97. The lowest BCUT2D eigenvalue weighted by molar-refractivity contribution is 0.0587. The SMILES string of the molecule is Cc1ccc(C(=O)N2CCCCC2CCN2CCCC2)cc1F. The minimum atomic E-state index is -0.290. The zero-order valence-electron chi connectivity index (χ0n) is 14.1.